The Hall–Kier alpha value is -2.17. The summed E-state index contributed by atoms with van der Waals surface area (Å²) < 4.78 is 4.59. The zero-order valence-electron chi connectivity index (χ0n) is 9.34. The zero-order chi connectivity index (χ0) is 12.3. The molecule has 0 fully saturated rings. The Morgan fingerprint density at radius 2 is 2.12 bits per heavy atom. The number of nitrogens with zero attached hydrogens (tertiary/aromatic N) is 1. The summed E-state index contributed by atoms with van der Waals surface area (Å²) in [5.74, 6) is -1.77. The third-order valence-electron chi connectivity index (χ3n) is 2.61. The number of hydrogen-bond donors (Lipinski definition) is 1. The van der Waals surface area contributed by atoms with Gasteiger partial charge in [0.05, 0.1) is 12.8 Å². The van der Waals surface area contributed by atoms with E-state index in [2.05, 4.69) is 15.3 Å². The number of esters is 1. The van der Waals surface area contributed by atoms with Gasteiger partial charge in [-0.05, 0) is 5.56 Å². The SMILES string of the molecule is COC(=O)C1CC(c2ccccc2)=NNC1=O. The summed E-state index contributed by atoms with van der Waals surface area (Å²) in [6, 6.07) is 9.40. The molecule has 1 aliphatic heterocycles. The summed E-state index contributed by atoms with van der Waals surface area (Å²) in [6.45, 7) is 0. The fourth-order valence-electron chi connectivity index (χ4n) is 1.68. The molecule has 5 heteroatoms. The van der Waals surface area contributed by atoms with E-state index in [-0.39, 0.29) is 6.42 Å². The van der Waals surface area contributed by atoms with E-state index in [0.29, 0.717) is 5.71 Å². The summed E-state index contributed by atoms with van der Waals surface area (Å²) in [6.07, 6.45) is 0.266. The van der Waals surface area contributed by atoms with E-state index >= 15 is 0 Å². The molecule has 1 aromatic carbocycles. The number of carbonyl (C=O) groups excluding carboxylic acids is 2. The van der Waals surface area contributed by atoms with E-state index in [1.807, 2.05) is 30.3 Å². The molecule has 0 aliphatic carbocycles. The van der Waals surface area contributed by atoms with Gasteiger partial charge in [0, 0.05) is 6.42 Å². The minimum atomic E-state index is -0.812. The van der Waals surface area contributed by atoms with Crippen molar-refractivity contribution in [1.29, 1.82) is 0 Å². The van der Waals surface area contributed by atoms with Gasteiger partial charge in [-0.15, -0.1) is 0 Å². The molecule has 1 aliphatic rings. The number of carbonyl (C=O) groups is 2. The molecular weight excluding hydrogens is 220 g/mol. The Bertz CT molecular complexity index is 468. The summed E-state index contributed by atoms with van der Waals surface area (Å²) in [5, 5.41) is 3.96. The molecule has 0 saturated heterocycles. The van der Waals surface area contributed by atoms with Crippen LogP contribution in [0.25, 0.3) is 0 Å². The van der Waals surface area contributed by atoms with Crippen LogP contribution in [-0.2, 0) is 14.3 Å². The maximum absolute atomic E-state index is 11.5. The van der Waals surface area contributed by atoms with Crippen molar-refractivity contribution >= 4 is 17.6 Å². The fraction of sp³-hybridized carbons (Fsp3) is 0.250. The van der Waals surface area contributed by atoms with Gasteiger partial charge >= 0.3 is 5.97 Å². The van der Waals surface area contributed by atoms with E-state index in [0.717, 1.165) is 5.56 Å². The van der Waals surface area contributed by atoms with Gasteiger partial charge in [0.2, 0.25) is 0 Å². The number of nitrogens with one attached hydrogen (secondary N) is 1. The van der Waals surface area contributed by atoms with Crippen LogP contribution in [-0.4, -0.2) is 24.7 Å². The highest BCUT2D eigenvalue weighted by atomic mass is 16.5. The van der Waals surface area contributed by atoms with Crippen molar-refractivity contribution in [1.82, 2.24) is 5.43 Å². The molecule has 5 nitrogen and oxygen atoms in total. The highest BCUT2D eigenvalue weighted by Crippen LogP contribution is 2.16. The van der Waals surface area contributed by atoms with Crippen LogP contribution in [0.4, 0.5) is 0 Å². The Labute approximate surface area is 98.5 Å². The van der Waals surface area contributed by atoms with Crippen LogP contribution < -0.4 is 5.43 Å². The van der Waals surface area contributed by atoms with Crippen LogP contribution >= 0.6 is 0 Å². The van der Waals surface area contributed by atoms with Gasteiger partial charge in [-0.2, -0.15) is 5.10 Å². The van der Waals surface area contributed by atoms with Crippen LogP contribution in [0.1, 0.15) is 12.0 Å². The van der Waals surface area contributed by atoms with Gasteiger partial charge < -0.3 is 4.74 Å². The Morgan fingerprint density at radius 1 is 1.41 bits per heavy atom. The molecule has 2 rings (SSSR count). The number of hydrazone groups is 1. The van der Waals surface area contributed by atoms with E-state index in [9.17, 15) is 9.59 Å². The van der Waals surface area contributed by atoms with Crippen LogP contribution in [0.3, 0.4) is 0 Å². The second-order valence-corrected chi connectivity index (χ2v) is 3.68. The van der Waals surface area contributed by atoms with Gasteiger partial charge in [-0.3, -0.25) is 9.59 Å². The molecule has 0 saturated carbocycles. The fourth-order valence-corrected chi connectivity index (χ4v) is 1.68. The van der Waals surface area contributed by atoms with Crippen molar-refractivity contribution in [2.75, 3.05) is 7.11 Å². The molecule has 0 aromatic heterocycles. The van der Waals surface area contributed by atoms with Crippen molar-refractivity contribution in [3.05, 3.63) is 35.9 Å². The Morgan fingerprint density at radius 3 is 2.76 bits per heavy atom. The quantitative estimate of drug-likeness (QED) is 0.603. The van der Waals surface area contributed by atoms with E-state index < -0.39 is 17.8 Å². The maximum atomic E-state index is 11.5. The smallest absolute Gasteiger partial charge is 0.318 e. The van der Waals surface area contributed by atoms with Crippen LogP contribution in [0.2, 0.25) is 0 Å². The molecular formula is C12H12N2O3. The summed E-state index contributed by atoms with van der Waals surface area (Å²) in [5.41, 5.74) is 3.92. The van der Waals surface area contributed by atoms with E-state index in [1.54, 1.807) is 0 Å². The topological polar surface area (TPSA) is 67.8 Å². The number of hydrogen-bond acceptors (Lipinski definition) is 4. The zero-order valence-corrected chi connectivity index (χ0v) is 9.34. The number of amides is 1. The third-order valence-corrected chi connectivity index (χ3v) is 2.61. The average molecular weight is 232 g/mol. The lowest BCUT2D eigenvalue weighted by atomic mass is 9.96. The first kappa shape index (κ1) is 11.3. The number of benzene rings is 1. The summed E-state index contributed by atoms with van der Waals surface area (Å²) in [7, 11) is 1.27. The van der Waals surface area contributed by atoms with Gasteiger partial charge in [-0.25, -0.2) is 5.43 Å². The lowest BCUT2D eigenvalue weighted by Crippen LogP contribution is -2.39. The lowest BCUT2D eigenvalue weighted by Gasteiger charge is -2.19. The molecule has 1 unspecified atom stereocenters. The van der Waals surface area contributed by atoms with E-state index in [4.69, 9.17) is 0 Å². The molecule has 1 atom stereocenters. The molecule has 1 amide bonds. The van der Waals surface area contributed by atoms with Crippen molar-refractivity contribution < 1.29 is 14.3 Å². The predicted molar refractivity (Wildman–Crippen MR) is 61.2 cm³/mol. The van der Waals surface area contributed by atoms with Crippen molar-refractivity contribution in [3.8, 4) is 0 Å². The molecule has 88 valence electrons. The van der Waals surface area contributed by atoms with Crippen molar-refractivity contribution in [2.45, 2.75) is 6.42 Å². The molecule has 0 radical (unpaired) electrons. The minimum absolute atomic E-state index is 0.266. The van der Waals surface area contributed by atoms with E-state index in [1.165, 1.54) is 7.11 Å². The second kappa shape index (κ2) is 4.78. The molecule has 17 heavy (non-hydrogen) atoms. The van der Waals surface area contributed by atoms with Gasteiger partial charge in [0.15, 0.2) is 0 Å². The van der Waals surface area contributed by atoms with Gasteiger partial charge in [0.25, 0.3) is 5.91 Å². The summed E-state index contributed by atoms with van der Waals surface area (Å²) in [4.78, 5) is 22.9. The molecule has 0 bridgehead atoms. The first-order chi connectivity index (χ1) is 8.22. The summed E-state index contributed by atoms with van der Waals surface area (Å²) >= 11 is 0. The van der Waals surface area contributed by atoms with Gasteiger partial charge in [-0.1, -0.05) is 30.3 Å². The Balaban J connectivity index is 2.23. The first-order valence-electron chi connectivity index (χ1n) is 5.22. The molecule has 1 aromatic rings. The largest absolute Gasteiger partial charge is 0.468 e. The van der Waals surface area contributed by atoms with Crippen molar-refractivity contribution in [3.63, 3.8) is 0 Å². The van der Waals surface area contributed by atoms with Crippen LogP contribution in [0, 0.1) is 5.92 Å². The number of methoxy groups -OCH3 is 1. The average Bonchev–Trinajstić information content (AvgIpc) is 2.39. The molecule has 1 N–H and O–H groups in total. The van der Waals surface area contributed by atoms with Crippen LogP contribution in [0.5, 0.6) is 0 Å². The van der Waals surface area contributed by atoms with Crippen molar-refractivity contribution in [2.24, 2.45) is 11.0 Å². The lowest BCUT2D eigenvalue weighted by molar-refractivity contribution is -0.150. The van der Waals surface area contributed by atoms with Gasteiger partial charge in [0.1, 0.15) is 5.92 Å². The molecule has 0 spiro atoms. The first-order valence-corrected chi connectivity index (χ1v) is 5.22. The monoisotopic (exact) mass is 232 g/mol. The number of ether oxygens (including phenoxy) is 1. The van der Waals surface area contributed by atoms with Crippen LogP contribution in [0.15, 0.2) is 35.4 Å². The second-order valence-electron chi connectivity index (χ2n) is 3.68. The maximum Gasteiger partial charge on any atom is 0.318 e. The molecule has 1 heterocycles. The standard InChI is InChI=1S/C12H12N2O3/c1-17-12(16)9-7-10(13-14-11(9)15)8-5-3-2-4-6-8/h2-6,9H,7H2,1H3,(H,14,15). The number of rotatable bonds is 2. The predicted octanol–water partition coefficient (Wildman–Crippen LogP) is 0.700. The Kier molecular flexibility index (Phi) is 3.18. The highest BCUT2D eigenvalue weighted by molar-refractivity contribution is 6.10. The highest BCUT2D eigenvalue weighted by Gasteiger charge is 2.32. The third kappa shape index (κ3) is 2.33. The normalized spacial score (nSPS) is 19.2. The minimum Gasteiger partial charge on any atom is -0.468 e.